The van der Waals surface area contributed by atoms with Gasteiger partial charge in [-0.05, 0) is 24.1 Å². The molecule has 0 saturated heterocycles. The zero-order valence-electron chi connectivity index (χ0n) is 8.00. The van der Waals surface area contributed by atoms with Gasteiger partial charge in [0.05, 0.1) is 5.52 Å². The summed E-state index contributed by atoms with van der Waals surface area (Å²) in [5, 5.41) is 0.358. The number of halogens is 2. The second-order valence-corrected chi connectivity index (χ2v) is 4.03. The zero-order chi connectivity index (χ0) is 10.6. The van der Waals surface area contributed by atoms with Crippen LogP contribution in [0.2, 0.25) is 0 Å². The van der Waals surface area contributed by atoms with E-state index in [4.69, 9.17) is 5.73 Å². The molecule has 0 fully saturated rings. The standard InChI is InChI=1S/C11H10F2N2/c12-9-4-6-3-7(14)5-15-2-1-8(10(9)13)11(6)15/h1-2,4,7H,3,5,14H2. The maximum Gasteiger partial charge on any atom is 0.168 e. The maximum absolute atomic E-state index is 13.4. The van der Waals surface area contributed by atoms with Gasteiger partial charge in [-0.3, -0.25) is 0 Å². The molecule has 2 heterocycles. The van der Waals surface area contributed by atoms with Crippen molar-refractivity contribution in [3.05, 3.63) is 35.5 Å². The van der Waals surface area contributed by atoms with Gasteiger partial charge < -0.3 is 10.3 Å². The lowest BCUT2D eigenvalue weighted by Gasteiger charge is -2.21. The third-order valence-electron chi connectivity index (χ3n) is 2.93. The number of hydrogen-bond acceptors (Lipinski definition) is 1. The van der Waals surface area contributed by atoms with E-state index in [1.807, 2.05) is 4.57 Å². The van der Waals surface area contributed by atoms with Gasteiger partial charge >= 0.3 is 0 Å². The predicted octanol–water partition coefficient (Wildman–Crippen LogP) is 1.80. The summed E-state index contributed by atoms with van der Waals surface area (Å²) in [5.41, 5.74) is 7.42. The molecule has 0 spiro atoms. The van der Waals surface area contributed by atoms with Crippen LogP contribution in [0.1, 0.15) is 5.56 Å². The average molecular weight is 208 g/mol. The van der Waals surface area contributed by atoms with Crippen LogP contribution in [0.15, 0.2) is 18.3 Å². The van der Waals surface area contributed by atoms with Crippen LogP contribution < -0.4 is 5.73 Å². The molecule has 3 rings (SSSR count). The largest absolute Gasteiger partial charge is 0.346 e. The van der Waals surface area contributed by atoms with E-state index in [2.05, 4.69) is 0 Å². The second kappa shape index (κ2) is 2.79. The molecule has 1 unspecified atom stereocenters. The highest BCUT2D eigenvalue weighted by Crippen LogP contribution is 2.29. The molecule has 2 nitrogen and oxygen atoms in total. The van der Waals surface area contributed by atoms with Crippen LogP contribution >= 0.6 is 0 Å². The van der Waals surface area contributed by atoms with E-state index in [0.717, 1.165) is 11.1 Å². The van der Waals surface area contributed by atoms with Gasteiger partial charge in [0.15, 0.2) is 11.6 Å². The van der Waals surface area contributed by atoms with E-state index in [1.165, 1.54) is 6.07 Å². The van der Waals surface area contributed by atoms with Gasteiger partial charge in [-0.15, -0.1) is 0 Å². The Labute approximate surface area is 85.3 Å². The number of nitrogens with two attached hydrogens (primary N) is 1. The number of nitrogens with zero attached hydrogens (tertiary/aromatic N) is 1. The highest BCUT2D eigenvalue weighted by atomic mass is 19.2. The predicted molar refractivity (Wildman–Crippen MR) is 53.5 cm³/mol. The van der Waals surface area contributed by atoms with Crippen molar-refractivity contribution in [2.75, 3.05) is 0 Å². The first-order chi connectivity index (χ1) is 7.16. The second-order valence-electron chi connectivity index (χ2n) is 4.03. The summed E-state index contributed by atoms with van der Waals surface area (Å²) in [5.74, 6) is -1.55. The van der Waals surface area contributed by atoms with Crippen LogP contribution in [0.5, 0.6) is 0 Å². The maximum atomic E-state index is 13.4. The Morgan fingerprint density at radius 2 is 2.20 bits per heavy atom. The smallest absolute Gasteiger partial charge is 0.168 e. The Kier molecular flexibility index (Phi) is 1.65. The van der Waals surface area contributed by atoms with Crippen LogP contribution in [0.25, 0.3) is 10.9 Å². The molecule has 1 aromatic carbocycles. The Bertz CT molecular complexity index is 545. The quantitative estimate of drug-likeness (QED) is 0.703. The number of aromatic nitrogens is 1. The first-order valence-electron chi connectivity index (χ1n) is 4.88. The topological polar surface area (TPSA) is 30.9 Å². The van der Waals surface area contributed by atoms with Crippen molar-refractivity contribution in [3.8, 4) is 0 Å². The monoisotopic (exact) mass is 208 g/mol. The van der Waals surface area contributed by atoms with Gasteiger partial charge in [0, 0.05) is 24.2 Å². The Balaban J connectivity index is 2.41. The molecule has 78 valence electrons. The minimum absolute atomic E-state index is 0.0158. The first-order valence-corrected chi connectivity index (χ1v) is 4.88. The van der Waals surface area contributed by atoms with Crippen molar-refractivity contribution in [2.24, 2.45) is 5.73 Å². The van der Waals surface area contributed by atoms with E-state index < -0.39 is 11.6 Å². The van der Waals surface area contributed by atoms with E-state index in [1.54, 1.807) is 12.3 Å². The van der Waals surface area contributed by atoms with Crippen molar-refractivity contribution in [1.29, 1.82) is 0 Å². The molecule has 2 N–H and O–H groups in total. The van der Waals surface area contributed by atoms with Gasteiger partial charge in [-0.2, -0.15) is 0 Å². The van der Waals surface area contributed by atoms with Crippen molar-refractivity contribution in [1.82, 2.24) is 4.57 Å². The SMILES string of the molecule is NC1Cc2cc(F)c(F)c3ccn(c23)C1. The van der Waals surface area contributed by atoms with Crippen molar-refractivity contribution in [2.45, 2.75) is 19.0 Å². The number of rotatable bonds is 0. The Morgan fingerprint density at radius 1 is 1.40 bits per heavy atom. The molecule has 1 aromatic heterocycles. The molecule has 1 atom stereocenters. The van der Waals surface area contributed by atoms with Gasteiger partial charge in [-0.1, -0.05) is 0 Å². The number of hydrogen-bond donors (Lipinski definition) is 1. The highest BCUT2D eigenvalue weighted by molar-refractivity contribution is 5.84. The number of benzene rings is 1. The fraction of sp³-hybridized carbons (Fsp3) is 0.273. The first kappa shape index (κ1) is 8.85. The Morgan fingerprint density at radius 3 is 3.00 bits per heavy atom. The van der Waals surface area contributed by atoms with Crippen molar-refractivity contribution >= 4 is 10.9 Å². The molecule has 4 heteroatoms. The summed E-state index contributed by atoms with van der Waals surface area (Å²) < 4.78 is 28.6. The molecule has 1 aliphatic rings. The van der Waals surface area contributed by atoms with Gasteiger partial charge in [0.1, 0.15) is 0 Å². The molecule has 0 radical (unpaired) electrons. The van der Waals surface area contributed by atoms with E-state index >= 15 is 0 Å². The minimum atomic E-state index is -0.788. The Hall–Kier alpha value is -1.42. The van der Waals surface area contributed by atoms with E-state index in [-0.39, 0.29) is 6.04 Å². The summed E-state index contributed by atoms with van der Waals surface area (Å²) >= 11 is 0. The molecule has 15 heavy (non-hydrogen) atoms. The van der Waals surface area contributed by atoms with Crippen LogP contribution in [-0.2, 0) is 13.0 Å². The normalized spacial score (nSPS) is 19.8. The minimum Gasteiger partial charge on any atom is -0.346 e. The molecule has 2 aromatic rings. The van der Waals surface area contributed by atoms with Crippen molar-refractivity contribution < 1.29 is 8.78 Å². The molecule has 1 aliphatic heterocycles. The lowest BCUT2D eigenvalue weighted by molar-refractivity contribution is 0.505. The van der Waals surface area contributed by atoms with Crippen LogP contribution in [0.3, 0.4) is 0 Å². The van der Waals surface area contributed by atoms with Gasteiger partial charge in [0.25, 0.3) is 0 Å². The zero-order valence-corrected chi connectivity index (χ0v) is 8.00. The van der Waals surface area contributed by atoms with Crippen molar-refractivity contribution in [3.63, 3.8) is 0 Å². The molecule has 0 bridgehead atoms. The molecular formula is C11H10F2N2. The fourth-order valence-electron chi connectivity index (χ4n) is 2.33. The summed E-state index contributed by atoms with van der Waals surface area (Å²) in [6, 6.07) is 2.85. The summed E-state index contributed by atoms with van der Waals surface area (Å²) in [6.45, 7) is 0.668. The van der Waals surface area contributed by atoms with Crippen LogP contribution in [0, 0.1) is 11.6 Å². The summed E-state index contributed by atoms with van der Waals surface area (Å²) in [7, 11) is 0. The van der Waals surface area contributed by atoms with E-state index in [9.17, 15) is 8.78 Å². The average Bonchev–Trinajstić information content (AvgIpc) is 2.58. The van der Waals surface area contributed by atoms with Crippen LogP contribution in [0.4, 0.5) is 8.78 Å². The van der Waals surface area contributed by atoms with Gasteiger partial charge in [-0.25, -0.2) is 8.78 Å². The summed E-state index contributed by atoms with van der Waals surface area (Å²) in [4.78, 5) is 0. The van der Waals surface area contributed by atoms with Crippen LogP contribution in [-0.4, -0.2) is 10.6 Å². The fourth-order valence-corrected chi connectivity index (χ4v) is 2.33. The lowest BCUT2D eigenvalue weighted by atomic mass is 10.00. The van der Waals surface area contributed by atoms with Gasteiger partial charge in [0.2, 0.25) is 0 Å². The molecule has 0 saturated carbocycles. The van der Waals surface area contributed by atoms with E-state index in [0.29, 0.717) is 18.4 Å². The third kappa shape index (κ3) is 1.11. The molecule has 0 aliphatic carbocycles. The summed E-state index contributed by atoms with van der Waals surface area (Å²) in [6.07, 6.45) is 2.37. The lowest BCUT2D eigenvalue weighted by Crippen LogP contribution is -2.31. The highest BCUT2D eigenvalue weighted by Gasteiger charge is 2.21. The molecule has 0 amide bonds. The third-order valence-corrected chi connectivity index (χ3v) is 2.93. The molecular weight excluding hydrogens is 198 g/mol.